The standard InChI is InChI=1S/C15H17Cl3N2O2/c16-15(17,18)14(20-8-10-22-11-9-20)19-13(21)7-6-12-4-2-1-3-5-12/h1-7,14H,8-11H2,(H,19,21)/b7-6-/t14-/m0/s1. The molecule has 0 radical (unpaired) electrons. The van der Waals surface area contributed by atoms with E-state index in [1.807, 2.05) is 35.2 Å². The average molecular weight is 364 g/mol. The van der Waals surface area contributed by atoms with Gasteiger partial charge in [-0.2, -0.15) is 0 Å². The van der Waals surface area contributed by atoms with Crippen molar-refractivity contribution in [3.8, 4) is 0 Å². The molecule has 0 bridgehead atoms. The van der Waals surface area contributed by atoms with Crippen LogP contribution in [0.5, 0.6) is 0 Å². The third kappa shape index (κ3) is 5.45. The third-order valence-electron chi connectivity index (χ3n) is 3.23. The molecule has 1 aliphatic heterocycles. The van der Waals surface area contributed by atoms with Crippen molar-refractivity contribution in [1.29, 1.82) is 0 Å². The summed E-state index contributed by atoms with van der Waals surface area (Å²) in [7, 11) is 0. The van der Waals surface area contributed by atoms with Crippen LogP contribution in [0, 0.1) is 0 Å². The Bertz CT molecular complexity index is 511. The van der Waals surface area contributed by atoms with Gasteiger partial charge in [-0.25, -0.2) is 0 Å². The number of nitrogens with one attached hydrogen (secondary N) is 1. The van der Waals surface area contributed by atoms with Crippen LogP contribution in [0.25, 0.3) is 6.08 Å². The Balaban J connectivity index is 2.00. The van der Waals surface area contributed by atoms with Crippen LogP contribution >= 0.6 is 34.8 Å². The normalized spacial score (nSPS) is 18.3. The van der Waals surface area contributed by atoms with E-state index in [-0.39, 0.29) is 5.91 Å². The zero-order valence-corrected chi connectivity index (χ0v) is 14.1. The number of nitrogens with zero attached hydrogens (tertiary/aromatic N) is 1. The van der Waals surface area contributed by atoms with Gasteiger partial charge in [0.25, 0.3) is 0 Å². The lowest BCUT2D eigenvalue weighted by molar-refractivity contribution is -0.119. The number of carbonyl (C=O) groups is 1. The summed E-state index contributed by atoms with van der Waals surface area (Å²) >= 11 is 18.0. The molecule has 1 fully saturated rings. The first-order valence-corrected chi connectivity index (χ1v) is 8.02. The summed E-state index contributed by atoms with van der Waals surface area (Å²) in [6.07, 6.45) is 2.44. The number of morpholine rings is 1. The molecule has 0 spiro atoms. The van der Waals surface area contributed by atoms with Crippen LogP contribution in [-0.4, -0.2) is 47.1 Å². The van der Waals surface area contributed by atoms with Gasteiger partial charge in [0, 0.05) is 19.2 Å². The van der Waals surface area contributed by atoms with Crippen LogP contribution in [0.1, 0.15) is 5.56 Å². The zero-order valence-electron chi connectivity index (χ0n) is 11.8. The fourth-order valence-corrected chi connectivity index (χ4v) is 2.71. The minimum atomic E-state index is -1.62. The molecule has 1 amide bonds. The summed E-state index contributed by atoms with van der Waals surface area (Å²) in [6.45, 7) is 2.29. The minimum Gasteiger partial charge on any atom is -0.379 e. The Kier molecular flexibility index (Phi) is 6.53. The van der Waals surface area contributed by atoms with Crippen LogP contribution in [0.3, 0.4) is 0 Å². The minimum absolute atomic E-state index is 0.313. The van der Waals surface area contributed by atoms with Crippen LogP contribution < -0.4 is 5.32 Å². The molecule has 1 aromatic carbocycles. The Morgan fingerprint density at radius 2 is 1.86 bits per heavy atom. The van der Waals surface area contributed by atoms with Crippen molar-refractivity contribution in [3.63, 3.8) is 0 Å². The highest BCUT2D eigenvalue weighted by molar-refractivity contribution is 6.68. The average Bonchev–Trinajstić information content (AvgIpc) is 2.51. The van der Waals surface area contributed by atoms with E-state index in [2.05, 4.69) is 5.32 Å². The first-order chi connectivity index (χ1) is 10.5. The quantitative estimate of drug-likeness (QED) is 0.661. The second-order valence-electron chi connectivity index (χ2n) is 4.85. The third-order valence-corrected chi connectivity index (χ3v) is 3.85. The molecule has 2 rings (SSSR count). The number of alkyl halides is 3. The van der Waals surface area contributed by atoms with Crippen LogP contribution in [-0.2, 0) is 9.53 Å². The van der Waals surface area contributed by atoms with Gasteiger partial charge in [0.05, 0.1) is 13.2 Å². The van der Waals surface area contributed by atoms with Crippen molar-refractivity contribution in [2.45, 2.75) is 9.96 Å². The lowest BCUT2D eigenvalue weighted by atomic mass is 10.2. The van der Waals surface area contributed by atoms with Gasteiger partial charge in [-0.1, -0.05) is 65.1 Å². The smallest absolute Gasteiger partial charge is 0.245 e. The molecule has 0 aliphatic carbocycles. The van der Waals surface area contributed by atoms with E-state index in [4.69, 9.17) is 39.5 Å². The molecule has 0 saturated carbocycles. The summed E-state index contributed by atoms with van der Waals surface area (Å²) < 4.78 is 3.66. The first-order valence-electron chi connectivity index (χ1n) is 6.89. The molecule has 4 nitrogen and oxygen atoms in total. The lowest BCUT2D eigenvalue weighted by Crippen LogP contribution is -2.58. The van der Waals surface area contributed by atoms with E-state index < -0.39 is 9.96 Å². The van der Waals surface area contributed by atoms with E-state index in [0.29, 0.717) is 26.3 Å². The molecule has 7 heteroatoms. The molecule has 1 atom stereocenters. The number of amides is 1. The van der Waals surface area contributed by atoms with E-state index in [9.17, 15) is 4.79 Å². The van der Waals surface area contributed by atoms with Crippen molar-refractivity contribution in [1.82, 2.24) is 10.2 Å². The second-order valence-corrected chi connectivity index (χ2v) is 7.21. The summed E-state index contributed by atoms with van der Waals surface area (Å²) in [5.41, 5.74) is 0.925. The van der Waals surface area contributed by atoms with Gasteiger partial charge in [0.2, 0.25) is 9.70 Å². The number of benzene rings is 1. The number of halogens is 3. The maximum Gasteiger partial charge on any atom is 0.245 e. The van der Waals surface area contributed by atoms with Crippen molar-refractivity contribution >= 4 is 46.8 Å². The van der Waals surface area contributed by atoms with Crippen molar-refractivity contribution < 1.29 is 9.53 Å². The molecule has 1 aliphatic rings. The maximum absolute atomic E-state index is 12.1. The molecule has 1 N–H and O–H groups in total. The van der Waals surface area contributed by atoms with Crippen LogP contribution in [0.2, 0.25) is 0 Å². The highest BCUT2D eigenvalue weighted by Gasteiger charge is 2.38. The van der Waals surface area contributed by atoms with Crippen molar-refractivity contribution in [2.24, 2.45) is 0 Å². The summed E-state index contributed by atoms with van der Waals surface area (Å²) in [5, 5.41) is 2.75. The SMILES string of the molecule is O=C(/C=C\c1ccccc1)N[C@@H](N1CCOCC1)C(Cl)(Cl)Cl. The monoisotopic (exact) mass is 362 g/mol. The van der Waals surface area contributed by atoms with Gasteiger partial charge in [-0.05, 0) is 11.6 Å². The van der Waals surface area contributed by atoms with E-state index in [1.165, 1.54) is 6.08 Å². The van der Waals surface area contributed by atoms with E-state index in [0.717, 1.165) is 5.56 Å². The number of carbonyl (C=O) groups excluding carboxylic acids is 1. The number of hydrogen-bond acceptors (Lipinski definition) is 3. The Labute approximate surface area is 145 Å². The topological polar surface area (TPSA) is 41.6 Å². The predicted molar refractivity (Wildman–Crippen MR) is 90.1 cm³/mol. The largest absolute Gasteiger partial charge is 0.379 e. The van der Waals surface area contributed by atoms with Crippen LogP contribution in [0.4, 0.5) is 0 Å². The molecule has 0 aromatic heterocycles. The number of ether oxygens (including phenoxy) is 1. The molecule has 1 aromatic rings. The summed E-state index contributed by atoms with van der Waals surface area (Å²) in [4.78, 5) is 14.0. The Hall–Kier alpha value is -0.780. The highest BCUT2D eigenvalue weighted by Crippen LogP contribution is 2.32. The summed E-state index contributed by atoms with van der Waals surface area (Å²) in [6, 6.07) is 9.51. The molecule has 1 saturated heterocycles. The Morgan fingerprint density at radius 3 is 2.45 bits per heavy atom. The fraction of sp³-hybridized carbons (Fsp3) is 0.400. The maximum atomic E-state index is 12.1. The van der Waals surface area contributed by atoms with Gasteiger partial charge < -0.3 is 10.1 Å². The molecule has 22 heavy (non-hydrogen) atoms. The Morgan fingerprint density at radius 1 is 1.23 bits per heavy atom. The van der Waals surface area contributed by atoms with Crippen molar-refractivity contribution in [2.75, 3.05) is 26.3 Å². The van der Waals surface area contributed by atoms with Crippen molar-refractivity contribution in [3.05, 3.63) is 42.0 Å². The molecular weight excluding hydrogens is 347 g/mol. The van der Waals surface area contributed by atoms with Gasteiger partial charge >= 0.3 is 0 Å². The first kappa shape index (κ1) is 17.6. The van der Waals surface area contributed by atoms with Gasteiger partial charge in [0.15, 0.2) is 0 Å². The lowest BCUT2D eigenvalue weighted by Gasteiger charge is -2.38. The number of rotatable bonds is 4. The van der Waals surface area contributed by atoms with Crippen LogP contribution in [0.15, 0.2) is 36.4 Å². The highest BCUT2D eigenvalue weighted by atomic mass is 35.6. The molecule has 1 heterocycles. The summed E-state index contributed by atoms with van der Waals surface area (Å²) in [5.74, 6) is -0.313. The van der Waals surface area contributed by atoms with Gasteiger partial charge in [-0.15, -0.1) is 0 Å². The molecule has 120 valence electrons. The van der Waals surface area contributed by atoms with E-state index >= 15 is 0 Å². The van der Waals surface area contributed by atoms with Gasteiger partial charge in [0.1, 0.15) is 6.17 Å². The molecule has 0 unspecified atom stereocenters. The molecular formula is C15H17Cl3N2O2. The van der Waals surface area contributed by atoms with Gasteiger partial charge in [-0.3, -0.25) is 9.69 Å². The fourth-order valence-electron chi connectivity index (χ4n) is 2.13. The predicted octanol–water partition coefficient (Wildman–Crippen LogP) is 2.84. The zero-order chi connectivity index (χ0) is 16.0. The van der Waals surface area contributed by atoms with E-state index in [1.54, 1.807) is 6.08 Å². The second kappa shape index (κ2) is 8.18. The number of hydrogen-bond donors (Lipinski definition) is 1.